The maximum Gasteiger partial charge on any atom is 0.134 e. The molecule has 0 spiro atoms. The Balaban J connectivity index is 2.88. The van der Waals surface area contributed by atoms with Crippen LogP contribution in [0.4, 0.5) is 0 Å². The Morgan fingerprint density at radius 1 is 1.40 bits per heavy atom. The lowest BCUT2D eigenvalue weighted by molar-refractivity contribution is 0.286. The number of aliphatic hydroxyl groups excluding tert-OH is 1. The third kappa shape index (κ3) is 4.93. The minimum Gasteiger partial charge on any atom is -0.495 e. The van der Waals surface area contributed by atoms with Crippen molar-refractivity contribution in [3.63, 3.8) is 0 Å². The van der Waals surface area contributed by atoms with E-state index in [9.17, 15) is 0 Å². The highest BCUT2D eigenvalue weighted by atomic mass is 16.5. The molecule has 1 rings (SSSR count). The molecule has 0 radical (unpaired) electrons. The minimum absolute atomic E-state index is 0.170. The topological polar surface area (TPSA) is 56.5 Å². The van der Waals surface area contributed by atoms with Gasteiger partial charge in [0.2, 0.25) is 0 Å². The molecule has 0 amide bonds. The highest BCUT2D eigenvalue weighted by molar-refractivity contribution is 5.48. The summed E-state index contributed by atoms with van der Waals surface area (Å²) in [7, 11) is 1.60. The molecule has 0 aliphatic heterocycles. The van der Waals surface area contributed by atoms with E-state index < -0.39 is 0 Å². The van der Waals surface area contributed by atoms with Gasteiger partial charge in [-0.05, 0) is 24.2 Å². The van der Waals surface area contributed by atoms with Gasteiger partial charge in [-0.2, -0.15) is 5.26 Å². The molecule has 0 atom stereocenters. The maximum absolute atomic E-state index is 8.79. The third-order valence-corrected chi connectivity index (χ3v) is 2.96. The van der Waals surface area contributed by atoms with E-state index in [1.54, 1.807) is 7.11 Å². The van der Waals surface area contributed by atoms with Crippen LogP contribution < -0.4 is 4.74 Å². The van der Waals surface area contributed by atoms with Crippen LogP contribution >= 0.6 is 0 Å². The quantitative estimate of drug-likeness (QED) is 0.802. The number of benzene rings is 1. The highest BCUT2D eigenvalue weighted by Gasteiger charge is 2.06. The third-order valence-electron chi connectivity index (χ3n) is 2.96. The van der Waals surface area contributed by atoms with Crippen LogP contribution in [0.1, 0.15) is 24.5 Å². The summed E-state index contributed by atoms with van der Waals surface area (Å²) >= 11 is 0. The molecule has 0 aliphatic carbocycles. The Hall–Kier alpha value is -2.01. The number of aliphatic hydroxyl groups is 1. The Morgan fingerprint density at radius 3 is 2.80 bits per heavy atom. The van der Waals surface area contributed by atoms with Crippen molar-refractivity contribution < 1.29 is 9.84 Å². The zero-order valence-electron chi connectivity index (χ0n) is 12.0. The second-order valence-electron chi connectivity index (χ2n) is 4.27. The van der Waals surface area contributed by atoms with Gasteiger partial charge < -0.3 is 9.84 Å². The molecule has 20 heavy (non-hydrogen) atoms. The Labute approximate surface area is 120 Å². The summed E-state index contributed by atoms with van der Waals surface area (Å²) in [5.41, 5.74) is 1.89. The van der Waals surface area contributed by atoms with E-state index in [1.807, 2.05) is 18.2 Å². The molecule has 0 aliphatic rings. The van der Waals surface area contributed by atoms with Crippen LogP contribution in [-0.2, 0) is 6.54 Å². The summed E-state index contributed by atoms with van der Waals surface area (Å²) in [4.78, 5) is 2.20. The van der Waals surface area contributed by atoms with Crippen LogP contribution in [0.15, 0.2) is 18.2 Å². The summed E-state index contributed by atoms with van der Waals surface area (Å²) < 4.78 is 5.25. The van der Waals surface area contributed by atoms with Crippen molar-refractivity contribution >= 4 is 0 Å². The average Bonchev–Trinajstić information content (AvgIpc) is 2.49. The monoisotopic (exact) mass is 272 g/mol. The van der Waals surface area contributed by atoms with E-state index in [0.29, 0.717) is 12.2 Å². The largest absolute Gasteiger partial charge is 0.495 e. The number of ether oxygens (including phenoxy) is 1. The number of hydrogen-bond acceptors (Lipinski definition) is 4. The molecule has 4 heteroatoms. The van der Waals surface area contributed by atoms with Gasteiger partial charge in [0.1, 0.15) is 12.4 Å². The highest BCUT2D eigenvalue weighted by Crippen LogP contribution is 2.19. The van der Waals surface area contributed by atoms with Crippen LogP contribution in [0.25, 0.3) is 0 Å². The van der Waals surface area contributed by atoms with Crippen molar-refractivity contribution in [3.05, 3.63) is 29.3 Å². The van der Waals surface area contributed by atoms with Crippen LogP contribution in [0.5, 0.6) is 5.75 Å². The Morgan fingerprint density at radius 2 is 2.20 bits per heavy atom. The molecule has 0 unspecified atom stereocenters. The predicted molar refractivity (Wildman–Crippen MR) is 78.1 cm³/mol. The van der Waals surface area contributed by atoms with Crippen LogP contribution in [0.3, 0.4) is 0 Å². The number of rotatable bonds is 6. The zero-order chi connectivity index (χ0) is 14.8. The summed E-state index contributed by atoms with van der Waals surface area (Å²) in [6, 6.07) is 8.01. The lowest BCUT2D eigenvalue weighted by Crippen LogP contribution is -2.23. The maximum atomic E-state index is 8.79. The number of methoxy groups -OCH3 is 1. The molecular weight excluding hydrogens is 252 g/mol. The SMILES string of the molecule is CCN(CCC#N)Cc1ccc(OC)c(C#CCO)c1. The number of nitriles is 1. The molecule has 0 aromatic heterocycles. The summed E-state index contributed by atoms with van der Waals surface area (Å²) in [6.45, 7) is 4.34. The van der Waals surface area contributed by atoms with Crippen molar-refractivity contribution in [2.45, 2.75) is 19.9 Å². The van der Waals surface area contributed by atoms with E-state index >= 15 is 0 Å². The average molecular weight is 272 g/mol. The fourth-order valence-electron chi connectivity index (χ4n) is 1.90. The second-order valence-corrected chi connectivity index (χ2v) is 4.27. The lowest BCUT2D eigenvalue weighted by atomic mass is 10.1. The second kappa shape index (κ2) is 8.98. The van der Waals surface area contributed by atoms with Crippen molar-refractivity contribution in [2.75, 3.05) is 26.8 Å². The normalized spacial score (nSPS) is 9.75. The summed E-state index contributed by atoms with van der Waals surface area (Å²) in [5.74, 6) is 6.23. The van der Waals surface area contributed by atoms with Crippen molar-refractivity contribution in [2.24, 2.45) is 0 Å². The van der Waals surface area contributed by atoms with Gasteiger partial charge in [-0.1, -0.05) is 24.8 Å². The van der Waals surface area contributed by atoms with Gasteiger partial charge in [0.15, 0.2) is 0 Å². The van der Waals surface area contributed by atoms with E-state index in [1.165, 1.54) is 0 Å². The van der Waals surface area contributed by atoms with E-state index in [4.69, 9.17) is 15.1 Å². The van der Waals surface area contributed by atoms with E-state index in [2.05, 4.69) is 29.7 Å². The van der Waals surface area contributed by atoms with E-state index in [0.717, 1.165) is 30.8 Å². The molecule has 106 valence electrons. The number of nitrogens with zero attached hydrogens (tertiary/aromatic N) is 2. The fourth-order valence-corrected chi connectivity index (χ4v) is 1.90. The van der Waals surface area contributed by atoms with Gasteiger partial charge in [0, 0.05) is 19.5 Å². The van der Waals surface area contributed by atoms with Gasteiger partial charge in [0.05, 0.1) is 18.7 Å². The molecule has 1 aromatic rings. The molecule has 1 aromatic carbocycles. The summed E-state index contributed by atoms with van der Waals surface area (Å²) in [6.07, 6.45) is 0.529. The van der Waals surface area contributed by atoms with Gasteiger partial charge >= 0.3 is 0 Å². The first-order valence-corrected chi connectivity index (χ1v) is 6.61. The molecule has 0 saturated carbocycles. The van der Waals surface area contributed by atoms with Gasteiger partial charge in [-0.3, -0.25) is 4.90 Å². The Bertz CT molecular complexity index is 524. The molecule has 0 fully saturated rings. The van der Waals surface area contributed by atoms with Crippen LogP contribution in [-0.4, -0.2) is 36.8 Å². The molecule has 4 nitrogen and oxygen atoms in total. The van der Waals surface area contributed by atoms with Crippen molar-refractivity contribution in [1.29, 1.82) is 5.26 Å². The fraction of sp³-hybridized carbons (Fsp3) is 0.438. The van der Waals surface area contributed by atoms with Crippen molar-refractivity contribution in [1.82, 2.24) is 4.90 Å². The van der Waals surface area contributed by atoms with Gasteiger partial charge in [-0.25, -0.2) is 0 Å². The summed E-state index contributed by atoms with van der Waals surface area (Å²) in [5, 5.41) is 17.4. The number of hydrogen-bond donors (Lipinski definition) is 1. The first-order chi connectivity index (χ1) is 9.74. The molecule has 0 saturated heterocycles. The van der Waals surface area contributed by atoms with Crippen molar-refractivity contribution in [3.8, 4) is 23.7 Å². The smallest absolute Gasteiger partial charge is 0.134 e. The Kier molecular flexibility index (Phi) is 7.21. The van der Waals surface area contributed by atoms with Crippen LogP contribution in [0.2, 0.25) is 0 Å². The van der Waals surface area contributed by atoms with E-state index in [-0.39, 0.29) is 6.61 Å². The molecule has 0 heterocycles. The first kappa shape index (κ1) is 16.0. The molecule has 0 bridgehead atoms. The first-order valence-electron chi connectivity index (χ1n) is 6.61. The van der Waals surface area contributed by atoms with Crippen LogP contribution in [0, 0.1) is 23.2 Å². The molecular formula is C16H20N2O2. The lowest BCUT2D eigenvalue weighted by Gasteiger charge is -2.19. The van der Waals surface area contributed by atoms with Gasteiger partial charge in [0.25, 0.3) is 0 Å². The standard InChI is InChI=1S/C16H20N2O2/c1-3-18(10-5-9-17)13-14-7-8-16(20-2)15(12-14)6-4-11-19/h7-8,12,19H,3,5,10-11,13H2,1-2H3. The minimum atomic E-state index is -0.170. The zero-order valence-corrected chi connectivity index (χ0v) is 12.0. The molecule has 1 N–H and O–H groups in total. The van der Waals surface area contributed by atoms with Gasteiger partial charge in [-0.15, -0.1) is 0 Å². The predicted octanol–water partition coefficient (Wildman–Crippen LogP) is 1.77.